The standard InChI is InChI=1S/C12H9F3OS.C12H7F3OS/c2*13-12(14,15)9-3-1-8(2-4-9)11-6-5-10(7-16)17-11/h1-6,16H,7H2;1-7H. The minimum absolute atomic E-state index is 0.0503. The first kappa shape index (κ1) is 25.7. The fourth-order valence-electron chi connectivity index (χ4n) is 2.84. The quantitative estimate of drug-likeness (QED) is 0.220. The Morgan fingerprint density at radius 3 is 1.44 bits per heavy atom. The number of thiophene rings is 2. The number of carbonyl (C=O) groups is 1. The van der Waals surface area contributed by atoms with Gasteiger partial charge in [0.25, 0.3) is 0 Å². The zero-order chi connectivity index (χ0) is 24.9. The van der Waals surface area contributed by atoms with E-state index in [-0.39, 0.29) is 6.61 Å². The number of hydrogen-bond acceptors (Lipinski definition) is 4. The van der Waals surface area contributed by atoms with E-state index in [0.717, 1.165) is 50.7 Å². The molecule has 4 aromatic rings. The molecule has 0 saturated heterocycles. The molecular weight excluding hydrogens is 498 g/mol. The van der Waals surface area contributed by atoms with Crippen molar-refractivity contribution in [1.82, 2.24) is 0 Å². The highest BCUT2D eigenvalue weighted by Gasteiger charge is 2.30. The lowest BCUT2D eigenvalue weighted by Gasteiger charge is -2.06. The first-order valence-electron chi connectivity index (χ1n) is 9.61. The number of alkyl halides is 6. The van der Waals surface area contributed by atoms with Crippen LogP contribution in [0.5, 0.6) is 0 Å². The molecule has 10 heteroatoms. The SMILES string of the molecule is O=Cc1ccc(-c2ccc(C(F)(F)F)cc2)s1.OCc1ccc(-c2ccc(C(F)(F)F)cc2)s1. The third-order valence-corrected chi connectivity index (χ3v) is 6.73. The second kappa shape index (κ2) is 10.5. The highest BCUT2D eigenvalue weighted by Crippen LogP contribution is 2.34. The summed E-state index contributed by atoms with van der Waals surface area (Å²) in [6.45, 7) is -0.0503. The smallest absolute Gasteiger partial charge is 0.391 e. The Labute approximate surface area is 198 Å². The van der Waals surface area contributed by atoms with E-state index in [9.17, 15) is 31.1 Å². The Morgan fingerprint density at radius 1 is 0.647 bits per heavy atom. The van der Waals surface area contributed by atoms with Gasteiger partial charge in [0.05, 0.1) is 22.6 Å². The fraction of sp³-hybridized carbons (Fsp3) is 0.125. The van der Waals surface area contributed by atoms with Gasteiger partial charge in [-0.1, -0.05) is 24.3 Å². The maximum Gasteiger partial charge on any atom is 0.416 e. The van der Waals surface area contributed by atoms with Crippen LogP contribution in [0.3, 0.4) is 0 Å². The van der Waals surface area contributed by atoms with Gasteiger partial charge in [-0.2, -0.15) is 26.3 Å². The Balaban J connectivity index is 0.000000191. The van der Waals surface area contributed by atoms with Crippen LogP contribution < -0.4 is 0 Å². The summed E-state index contributed by atoms with van der Waals surface area (Å²) in [6.07, 6.45) is -7.90. The van der Waals surface area contributed by atoms with Crippen LogP contribution in [-0.4, -0.2) is 11.4 Å². The van der Waals surface area contributed by atoms with Gasteiger partial charge >= 0.3 is 12.4 Å². The van der Waals surface area contributed by atoms with Crippen LogP contribution in [0.1, 0.15) is 25.7 Å². The average Bonchev–Trinajstić information content (AvgIpc) is 3.48. The summed E-state index contributed by atoms with van der Waals surface area (Å²) in [5.41, 5.74) is 0.0763. The minimum Gasteiger partial charge on any atom is -0.391 e. The van der Waals surface area contributed by atoms with Gasteiger partial charge in [0.1, 0.15) is 0 Å². The highest BCUT2D eigenvalue weighted by molar-refractivity contribution is 7.17. The maximum absolute atomic E-state index is 12.4. The summed E-state index contributed by atoms with van der Waals surface area (Å²) in [5.74, 6) is 0. The van der Waals surface area contributed by atoms with Crippen molar-refractivity contribution < 1.29 is 36.2 Å². The van der Waals surface area contributed by atoms with Gasteiger partial charge in [0.2, 0.25) is 0 Å². The highest BCUT2D eigenvalue weighted by atomic mass is 32.1. The van der Waals surface area contributed by atoms with Crippen LogP contribution in [-0.2, 0) is 19.0 Å². The molecule has 0 radical (unpaired) electrons. The molecule has 34 heavy (non-hydrogen) atoms. The first-order valence-corrected chi connectivity index (χ1v) is 11.2. The zero-order valence-electron chi connectivity index (χ0n) is 17.2. The van der Waals surface area contributed by atoms with Crippen molar-refractivity contribution in [3.63, 3.8) is 0 Å². The van der Waals surface area contributed by atoms with Crippen molar-refractivity contribution in [2.45, 2.75) is 19.0 Å². The predicted octanol–water partition coefficient (Wildman–Crippen LogP) is 8.17. The molecule has 0 aliphatic carbocycles. The molecule has 2 aromatic heterocycles. The van der Waals surface area contributed by atoms with E-state index in [1.54, 1.807) is 24.3 Å². The van der Waals surface area contributed by atoms with Crippen LogP contribution in [0.4, 0.5) is 26.3 Å². The minimum atomic E-state index is -4.32. The number of benzene rings is 2. The van der Waals surface area contributed by atoms with E-state index in [1.807, 2.05) is 0 Å². The third kappa shape index (κ3) is 6.55. The van der Waals surface area contributed by atoms with E-state index < -0.39 is 23.5 Å². The van der Waals surface area contributed by atoms with Gasteiger partial charge < -0.3 is 5.11 Å². The van der Waals surface area contributed by atoms with Crippen LogP contribution in [0, 0.1) is 0 Å². The van der Waals surface area contributed by atoms with Gasteiger partial charge in [-0.3, -0.25) is 4.79 Å². The predicted molar refractivity (Wildman–Crippen MR) is 121 cm³/mol. The Morgan fingerprint density at radius 2 is 1.09 bits per heavy atom. The first-order chi connectivity index (χ1) is 16.0. The molecular formula is C24H16F6O2S2. The molecule has 0 atom stereocenters. The number of aliphatic hydroxyl groups is 1. The summed E-state index contributed by atoms with van der Waals surface area (Å²) < 4.78 is 74.1. The van der Waals surface area contributed by atoms with Crippen LogP contribution >= 0.6 is 22.7 Å². The van der Waals surface area contributed by atoms with Gasteiger partial charge in [-0.25, -0.2) is 0 Å². The summed E-state index contributed by atoms with van der Waals surface area (Å²) in [7, 11) is 0. The Bertz CT molecular complexity index is 1220. The monoisotopic (exact) mass is 514 g/mol. The summed E-state index contributed by atoms with van der Waals surface area (Å²) in [4.78, 5) is 13.5. The molecule has 178 valence electrons. The largest absolute Gasteiger partial charge is 0.416 e. The molecule has 0 aliphatic rings. The molecule has 0 spiro atoms. The van der Waals surface area contributed by atoms with Crippen LogP contribution in [0.15, 0.2) is 72.8 Å². The van der Waals surface area contributed by atoms with Crippen LogP contribution in [0.25, 0.3) is 20.9 Å². The molecule has 2 nitrogen and oxygen atoms in total. The molecule has 2 heterocycles. The Kier molecular flexibility index (Phi) is 7.96. The second-order valence-electron chi connectivity index (χ2n) is 6.89. The van der Waals surface area contributed by atoms with E-state index in [2.05, 4.69) is 0 Å². The lowest BCUT2D eigenvalue weighted by molar-refractivity contribution is -0.138. The van der Waals surface area contributed by atoms with Crippen molar-refractivity contribution in [3.8, 4) is 20.9 Å². The van der Waals surface area contributed by atoms with Gasteiger partial charge in [-0.15, -0.1) is 22.7 Å². The lowest BCUT2D eigenvalue weighted by atomic mass is 10.1. The van der Waals surface area contributed by atoms with Crippen molar-refractivity contribution in [3.05, 3.63) is 93.7 Å². The Hall–Kier alpha value is -2.95. The topological polar surface area (TPSA) is 37.3 Å². The fourth-order valence-corrected chi connectivity index (χ4v) is 4.54. The number of aliphatic hydroxyl groups excluding tert-OH is 1. The van der Waals surface area contributed by atoms with E-state index in [1.165, 1.54) is 46.9 Å². The molecule has 0 amide bonds. The van der Waals surface area contributed by atoms with E-state index >= 15 is 0 Å². The zero-order valence-corrected chi connectivity index (χ0v) is 18.8. The number of halogens is 6. The molecule has 0 bridgehead atoms. The molecule has 4 rings (SSSR count). The average molecular weight is 515 g/mol. The van der Waals surface area contributed by atoms with E-state index in [4.69, 9.17) is 5.11 Å². The second-order valence-corrected chi connectivity index (χ2v) is 9.18. The van der Waals surface area contributed by atoms with Gasteiger partial charge in [0.15, 0.2) is 6.29 Å². The number of hydrogen-bond donors (Lipinski definition) is 1. The molecule has 0 aliphatic heterocycles. The number of rotatable bonds is 4. The van der Waals surface area contributed by atoms with Crippen LogP contribution in [0.2, 0.25) is 0 Å². The van der Waals surface area contributed by atoms with Gasteiger partial charge in [0, 0.05) is 14.6 Å². The number of aldehydes is 1. The van der Waals surface area contributed by atoms with Crippen molar-refractivity contribution >= 4 is 29.0 Å². The molecule has 1 N–H and O–H groups in total. The van der Waals surface area contributed by atoms with E-state index in [0.29, 0.717) is 10.4 Å². The molecule has 2 aromatic carbocycles. The normalized spacial score (nSPS) is 11.6. The summed E-state index contributed by atoms with van der Waals surface area (Å²) >= 11 is 2.62. The number of carbonyl (C=O) groups excluding carboxylic acids is 1. The molecule has 0 fully saturated rings. The lowest BCUT2D eigenvalue weighted by Crippen LogP contribution is -2.03. The van der Waals surface area contributed by atoms with Crippen molar-refractivity contribution in [2.75, 3.05) is 0 Å². The van der Waals surface area contributed by atoms with Crippen molar-refractivity contribution in [1.29, 1.82) is 0 Å². The summed E-state index contributed by atoms with van der Waals surface area (Å²) in [5, 5.41) is 8.91. The molecule has 0 unspecified atom stereocenters. The maximum atomic E-state index is 12.4. The third-order valence-electron chi connectivity index (χ3n) is 4.55. The molecule has 0 saturated carbocycles. The van der Waals surface area contributed by atoms with Gasteiger partial charge in [-0.05, 0) is 59.7 Å². The van der Waals surface area contributed by atoms with Crippen molar-refractivity contribution in [2.24, 2.45) is 0 Å². The summed E-state index contributed by atoms with van der Waals surface area (Å²) in [6, 6.07) is 16.8.